The number of amides is 1. The van der Waals surface area contributed by atoms with E-state index in [9.17, 15) is 18.0 Å². The Balaban J connectivity index is 2.25. The number of carbonyl (C=O) groups is 1. The van der Waals surface area contributed by atoms with Gasteiger partial charge in [0.25, 0.3) is 5.91 Å². The standard InChI is InChI=1S/C16H17ClF3N3O3/c1-10-7-14(21-15(24)9-26-6-5-25-2)23(22-10)13-8-11(16(18,19)20)3-4-12(13)17/h3-4,7-8H,5-6,9H2,1-2H3,(H,21,24). The maximum Gasteiger partial charge on any atom is 0.416 e. The van der Waals surface area contributed by atoms with E-state index in [0.717, 1.165) is 22.9 Å². The van der Waals surface area contributed by atoms with Crippen molar-refractivity contribution < 1.29 is 27.4 Å². The first-order valence-electron chi connectivity index (χ1n) is 7.52. The molecule has 6 nitrogen and oxygen atoms in total. The van der Waals surface area contributed by atoms with Gasteiger partial charge in [-0.05, 0) is 25.1 Å². The molecule has 1 aromatic heterocycles. The average Bonchev–Trinajstić information content (AvgIpc) is 2.91. The normalized spacial score (nSPS) is 11.6. The zero-order valence-electron chi connectivity index (χ0n) is 14.1. The van der Waals surface area contributed by atoms with E-state index < -0.39 is 17.6 Å². The van der Waals surface area contributed by atoms with E-state index in [-0.39, 0.29) is 29.7 Å². The van der Waals surface area contributed by atoms with Gasteiger partial charge in [0.15, 0.2) is 0 Å². The van der Waals surface area contributed by atoms with Gasteiger partial charge >= 0.3 is 6.18 Å². The summed E-state index contributed by atoms with van der Waals surface area (Å²) in [5.41, 5.74) is -0.371. The van der Waals surface area contributed by atoms with Gasteiger partial charge in [-0.25, -0.2) is 4.68 Å². The van der Waals surface area contributed by atoms with Crippen molar-refractivity contribution in [2.45, 2.75) is 13.1 Å². The Kier molecular flexibility index (Phi) is 6.63. The van der Waals surface area contributed by atoms with Gasteiger partial charge < -0.3 is 14.8 Å². The monoisotopic (exact) mass is 391 g/mol. The Bertz CT molecular complexity index is 778. The number of nitrogens with zero attached hydrogens (tertiary/aromatic N) is 2. The van der Waals surface area contributed by atoms with Crippen molar-refractivity contribution in [2.24, 2.45) is 0 Å². The highest BCUT2D eigenvalue weighted by Gasteiger charge is 2.31. The topological polar surface area (TPSA) is 65.4 Å². The number of aromatic nitrogens is 2. The van der Waals surface area contributed by atoms with Crippen molar-refractivity contribution in [2.75, 3.05) is 32.2 Å². The van der Waals surface area contributed by atoms with E-state index in [1.54, 1.807) is 6.92 Å². The van der Waals surface area contributed by atoms with E-state index in [1.807, 2.05) is 0 Å². The lowest BCUT2D eigenvalue weighted by atomic mass is 10.2. The highest BCUT2D eigenvalue weighted by atomic mass is 35.5. The lowest BCUT2D eigenvalue weighted by Crippen LogP contribution is -2.21. The van der Waals surface area contributed by atoms with Gasteiger partial charge in [0.1, 0.15) is 12.4 Å². The number of hydrogen-bond donors (Lipinski definition) is 1. The van der Waals surface area contributed by atoms with Crippen molar-refractivity contribution in [1.29, 1.82) is 0 Å². The largest absolute Gasteiger partial charge is 0.416 e. The number of nitrogens with one attached hydrogen (secondary N) is 1. The summed E-state index contributed by atoms with van der Waals surface area (Å²) in [6.07, 6.45) is -4.53. The molecule has 2 rings (SSSR count). The molecule has 0 bridgehead atoms. The highest BCUT2D eigenvalue weighted by Crippen LogP contribution is 2.34. The number of rotatable bonds is 7. The third-order valence-corrected chi connectivity index (χ3v) is 3.59. The molecular weight excluding hydrogens is 375 g/mol. The molecule has 10 heteroatoms. The SMILES string of the molecule is COCCOCC(=O)Nc1cc(C)nn1-c1cc(C(F)(F)F)ccc1Cl. The van der Waals surface area contributed by atoms with Crippen molar-refractivity contribution >= 4 is 23.3 Å². The molecule has 0 unspecified atom stereocenters. The van der Waals surface area contributed by atoms with E-state index >= 15 is 0 Å². The minimum atomic E-state index is -4.53. The summed E-state index contributed by atoms with van der Waals surface area (Å²) in [7, 11) is 1.50. The molecule has 0 atom stereocenters. The summed E-state index contributed by atoms with van der Waals surface area (Å²) < 4.78 is 49.9. The van der Waals surface area contributed by atoms with Crippen molar-refractivity contribution in [3.05, 3.63) is 40.5 Å². The Hall–Kier alpha value is -2.10. The van der Waals surface area contributed by atoms with Crippen LogP contribution in [0.25, 0.3) is 5.69 Å². The Morgan fingerprint density at radius 3 is 2.69 bits per heavy atom. The molecular formula is C16H17ClF3N3O3. The summed E-state index contributed by atoms with van der Waals surface area (Å²) in [5.74, 6) is -0.297. The van der Waals surface area contributed by atoms with Crippen LogP contribution in [0.1, 0.15) is 11.3 Å². The predicted octanol–water partition coefficient (Wildman–Crippen LogP) is 3.45. The van der Waals surface area contributed by atoms with Crippen LogP contribution in [0.3, 0.4) is 0 Å². The molecule has 0 fully saturated rings. The smallest absolute Gasteiger partial charge is 0.382 e. The maximum atomic E-state index is 13.0. The van der Waals surface area contributed by atoms with Crippen LogP contribution < -0.4 is 5.32 Å². The third kappa shape index (κ3) is 5.20. The molecule has 0 radical (unpaired) electrons. The molecule has 26 heavy (non-hydrogen) atoms. The van der Waals surface area contributed by atoms with E-state index in [0.29, 0.717) is 12.3 Å². The number of carbonyl (C=O) groups excluding carboxylic acids is 1. The van der Waals surface area contributed by atoms with Crippen LogP contribution in [0.5, 0.6) is 0 Å². The molecule has 1 amide bonds. The molecule has 0 saturated heterocycles. The molecule has 0 saturated carbocycles. The lowest BCUT2D eigenvalue weighted by Gasteiger charge is -2.13. The summed E-state index contributed by atoms with van der Waals surface area (Å²) in [5, 5.41) is 6.73. The van der Waals surface area contributed by atoms with E-state index in [2.05, 4.69) is 10.4 Å². The predicted molar refractivity (Wildman–Crippen MR) is 89.6 cm³/mol. The van der Waals surface area contributed by atoms with Crippen molar-refractivity contribution in [3.63, 3.8) is 0 Å². The maximum absolute atomic E-state index is 13.0. The van der Waals surface area contributed by atoms with Gasteiger partial charge in [-0.1, -0.05) is 11.6 Å². The molecule has 0 aliphatic rings. The van der Waals surface area contributed by atoms with E-state index in [4.69, 9.17) is 21.1 Å². The zero-order chi connectivity index (χ0) is 19.3. The van der Waals surface area contributed by atoms with Crippen molar-refractivity contribution in [3.8, 4) is 5.69 Å². The zero-order valence-corrected chi connectivity index (χ0v) is 14.8. The van der Waals surface area contributed by atoms with Crippen LogP contribution in [-0.2, 0) is 20.4 Å². The third-order valence-electron chi connectivity index (χ3n) is 3.27. The fraction of sp³-hybridized carbons (Fsp3) is 0.375. The summed E-state index contributed by atoms with van der Waals surface area (Å²) >= 11 is 6.04. The van der Waals surface area contributed by atoms with Crippen LogP contribution in [0.15, 0.2) is 24.3 Å². The van der Waals surface area contributed by atoms with Crippen LogP contribution in [0.4, 0.5) is 19.0 Å². The number of halogens is 4. The summed E-state index contributed by atoms with van der Waals surface area (Å²) in [6.45, 7) is 1.98. The highest BCUT2D eigenvalue weighted by molar-refractivity contribution is 6.32. The first kappa shape index (κ1) is 20.2. The second-order valence-electron chi connectivity index (χ2n) is 5.34. The lowest BCUT2D eigenvalue weighted by molar-refractivity contribution is -0.137. The van der Waals surface area contributed by atoms with Gasteiger partial charge in [0, 0.05) is 13.2 Å². The molecule has 142 valence electrons. The molecule has 0 spiro atoms. The first-order chi connectivity index (χ1) is 12.2. The van der Waals surface area contributed by atoms with Crippen LogP contribution in [0, 0.1) is 6.92 Å². The summed E-state index contributed by atoms with van der Waals surface area (Å²) in [4.78, 5) is 11.9. The minimum Gasteiger partial charge on any atom is -0.382 e. The fourth-order valence-electron chi connectivity index (χ4n) is 2.11. The average molecular weight is 392 g/mol. The van der Waals surface area contributed by atoms with Gasteiger partial charge in [0.05, 0.1) is 35.2 Å². The molecule has 1 heterocycles. The number of aryl methyl sites for hydroxylation is 1. The van der Waals surface area contributed by atoms with Gasteiger partial charge in [0.2, 0.25) is 0 Å². The number of anilines is 1. The Morgan fingerprint density at radius 1 is 1.31 bits per heavy atom. The summed E-state index contributed by atoms with van der Waals surface area (Å²) in [6, 6.07) is 4.41. The van der Waals surface area contributed by atoms with Crippen LogP contribution in [-0.4, -0.2) is 42.6 Å². The van der Waals surface area contributed by atoms with Crippen molar-refractivity contribution in [1.82, 2.24) is 9.78 Å². The quantitative estimate of drug-likeness (QED) is 0.734. The molecule has 1 N–H and O–H groups in total. The molecule has 0 aliphatic carbocycles. The molecule has 0 aliphatic heterocycles. The molecule has 2 aromatic rings. The second-order valence-corrected chi connectivity index (χ2v) is 5.75. The van der Waals surface area contributed by atoms with Gasteiger partial charge in [-0.15, -0.1) is 0 Å². The van der Waals surface area contributed by atoms with Crippen LogP contribution >= 0.6 is 11.6 Å². The number of hydrogen-bond acceptors (Lipinski definition) is 4. The number of methoxy groups -OCH3 is 1. The number of ether oxygens (including phenoxy) is 2. The number of alkyl halides is 3. The second kappa shape index (κ2) is 8.52. The van der Waals surface area contributed by atoms with Gasteiger partial charge in [-0.3, -0.25) is 4.79 Å². The molecule has 1 aromatic carbocycles. The van der Waals surface area contributed by atoms with E-state index in [1.165, 1.54) is 13.2 Å². The first-order valence-corrected chi connectivity index (χ1v) is 7.90. The minimum absolute atomic E-state index is 0.00481. The number of benzene rings is 1. The van der Waals surface area contributed by atoms with Crippen LogP contribution in [0.2, 0.25) is 5.02 Å². The Morgan fingerprint density at radius 2 is 2.04 bits per heavy atom. The Labute approximate surface area is 152 Å². The fourth-order valence-corrected chi connectivity index (χ4v) is 2.31. The van der Waals surface area contributed by atoms with Gasteiger partial charge in [-0.2, -0.15) is 18.3 Å².